The quantitative estimate of drug-likeness (QED) is 0.563. The van der Waals surface area contributed by atoms with E-state index in [1.165, 1.54) is 6.08 Å². The van der Waals surface area contributed by atoms with E-state index in [1.54, 1.807) is 18.2 Å². The molecule has 1 aromatic rings. The highest BCUT2D eigenvalue weighted by Gasteiger charge is 2.19. The lowest BCUT2D eigenvalue weighted by Crippen LogP contribution is -2.36. The molecule has 1 aromatic carbocycles. The van der Waals surface area contributed by atoms with Crippen molar-refractivity contribution in [1.29, 1.82) is 5.26 Å². The minimum Gasteiger partial charge on any atom is -0.394 e. The van der Waals surface area contributed by atoms with Crippen molar-refractivity contribution >= 4 is 21.8 Å². The molecule has 1 unspecified atom stereocenters. The highest BCUT2D eigenvalue weighted by Crippen LogP contribution is 2.19. The molecule has 9 heteroatoms. The van der Waals surface area contributed by atoms with Crippen molar-refractivity contribution in [2.75, 3.05) is 44.4 Å². The molecule has 0 radical (unpaired) electrons. The van der Waals surface area contributed by atoms with Crippen LogP contribution in [0.1, 0.15) is 5.56 Å². The minimum absolute atomic E-state index is 0.367. The van der Waals surface area contributed by atoms with E-state index < -0.39 is 27.6 Å². The van der Waals surface area contributed by atoms with Gasteiger partial charge in [0.05, 0.1) is 25.9 Å². The number of nitrogens with zero attached hydrogens (tertiary/aromatic N) is 2. The van der Waals surface area contributed by atoms with Crippen LogP contribution in [-0.4, -0.2) is 64.2 Å². The third kappa shape index (κ3) is 5.52. The Balaban J connectivity index is 2.12. The van der Waals surface area contributed by atoms with Gasteiger partial charge in [0, 0.05) is 25.3 Å². The Morgan fingerprint density at radius 2 is 2.00 bits per heavy atom. The van der Waals surface area contributed by atoms with Gasteiger partial charge in [-0.15, -0.1) is 0 Å². The Morgan fingerprint density at radius 1 is 1.36 bits per heavy atom. The maximum Gasteiger partial charge on any atom is 0.250 e. The Hall–Kier alpha value is -1.96. The lowest BCUT2D eigenvalue weighted by Gasteiger charge is -2.28. The van der Waals surface area contributed by atoms with E-state index in [9.17, 15) is 13.5 Å². The molecule has 1 saturated heterocycles. The molecule has 1 atom stereocenters. The SMILES string of the molecule is N#C/C(=C\c1ccc(N2CCOCC2)cc1)S(=O)(=O)NCC(O)CO. The summed E-state index contributed by atoms with van der Waals surface area (Å²) in [5.74, 6) is 0. The number of hydrogen-bond donors (Lipinski definition) is 3. The number of benzene rings is 1. The van der Waals surface area contributed by atoms with Gasteiger partial charge in [-0.1, -0.05) is 12.1 Å². The molecule has 0 spiro atoms. The van der Waals surface area contributed by atoms with Gasteiger partial charge in [0.2, 0.25) is 0 Å². The zero-order valence-electron chi connectivity index (χ0n) is 13.6. The van der Waals surface area contributed by atoms with E-state index in [2.05, 4.69) is 9.62 Å². The van der Waals surface area contributed by atoms with Crippen molar-refractivity contribution in [3.05, 3.63) is 34.7 Å². The number of aliphatic hydroxyl groups excluding tert-OH is 2. The van der Waals surface area contributed by atoms with Crippen molar-refractivity contribution in [3.63, 3.8) is 0 Å². The number of ether oxygens (including phenoxy) is 1. The molecule has 1 aliphatic rings. The summed E-state index contributed by atoms with van der Waals surface area (Å²) in [6.45, 7) is 1.99. The van der Waals surface area contributed by atoms with Crippen LogP contribution in [0.25, 0.3) is 6.08 Å². The summed E-state index contributed by atoms with van der Waals surface area (Å²) in [6, 6.07) is 8.85. The van der Waals surface area contributed by atoms with Crippen molar-refractivity contribution in [1.82, 2.24) is 4.72 Å². The molecule has 1 heterocycles. The van der Waals surface area contributed by atoms with Crippen LogP contribution in [0.5, 0.6) is 0 Å². The third-order valence-electron chi connectivity index (χ3n) is 3.69. The molecule has 1 fully saturated rings. The maximum atomic E-state index is 12.1. The van der Waals surface area contributed by atoms with E-state index in [4.69, 9.17) is 15.1 Å². The summed E-state index contributed by atoms with van der Waals surface area (Å²) in [7, 11) is -4.05. The smallest absolute Gasteiger partial charge is 0.250 e. The molecule has 8 nitrogen and oxygen atoms in total. The van der Waals surface area contributed by atoms with E-state index in [0.29, 0.717) is 18.8 Å². The standard InChI is InChI=1S/C16H21N3O5S/c17-10-16(25(22,23)18-11-15(21)12-20)9-13-1-3-14(4-2-13)19-5-7-24-8-6-19/h1-4,9,15,18,20-21H,5-8,11-12H2/b16-9+. The van der Waals surface area contributed by atoms with Crippen LogP contribution in [0, 0.1) is 11.3 Å². The van der Waals surface area contributed by atoms with E-state index in [0.717, 1.165) is 18.8 Å². The van der Waals surface area contributed by atoms with Gasteiger partial charge in [0.15, 0.2) is 4.91 Å². The summed E-state index contributed by atoms with van der Waals surface area (Å²) in [5.41, 5.74) is 1.58. The molecule has 0 bridgehead atoms. The van der Waals surface area contributed by atoms with Crippen molar-refractivity contribution < 1.29 is 23.4 Å². The number of sulfonamides is 1. The second kappa shape index (κ2) is 8.94. The molecule has 0 amide bonds. The van der Waals surface area contributed by atoms with Gasteiger partial charge in [-0.05, 0) is 23.8 Å². The zero-order valence-corrected chi connectivity index (χ0v) is 14.4. The molecule has 1 aliphatic heterocycles. The molecular weight excluding hydrogens is 346 g/mol. The van der Waals surface area contributed by atoms with Crippen molar-refractivity contribution in [2.24, 2.45) is 0 Å². The average molecular weight is 367 g/mol. The summed E-state index contributed by atoms with van der Waals surface area (Å²) < 4.78 is 31.6. The molecule has 3 N–H and O–H groups in total. The maximum absolute atomic E-state index is 12.1. The monoisotopic (exact) mass is 367 g/mol. The Morgan fingerprint density at radius 3 is 2.56 bits per heavy atom. The first-order chi connectivity index (χ1) is 12.0. The van der Waals surface area contributed by atoms with Crippen LogP contribution in [0.2, 0.25) is 0 Å². The second-order valence-electron chi connectivity index (χ2n) is 5.50. The predicted molar refractivity (Wildman–Crippen MR) is 93.1 cm³/mol. The summed E-state index contributed by atoms with van der Waals surface area (Å²) >= 11 is 0. The average Bonchev–Trinajstić information content (AvgIpc) is 2.65. The number of nitrogens with one attached hydrogen (secondary N) is 1. The highest BCUT2D eigenvalue weighted by atomic mass is 32.2. The topological polar surface area (TPSA) is 123 Å². The first kappa shape index (κ1) is 19.4. The molecular formula is C16H21N3O5S. The molecule has 25 heavy (non-hydrogen) atoms. The molecule has 0 saturated carbocycles. The second-order valence-corrected chi connectivity index (χ2v) is 7.24. The Kier molecular flexibility index (Phi) is 6.92. The minimum atomic E-state index is -4.05. The summed E-state index contributed by atoms with van der Waals surface area (Å²) in [6.07, 6.45) is 0.0408. The summed E-state index contributed by atoms with van der Waals surface area (Å²) in [4.78, 5) is 1.70. The lowest BCUT2D eigenvalue weighted by atomic mass is 10.2. The lowest BCUT2D eigenvalue weighted by molar-refractivity contribution is 0.0989. The van der Waals surface area contributed by atoms with Gasteiger partial charge < -0.3 is 19.8 Å². The number of hydrogen-bond acceptors (Lipinski definition) is 7. The van der Waals surface area contributed by atoms with Crippen LogP contribution in [0.4, 0.5) is 5.69 Å². The zero-order chi connectivity index (χ0) is 18.3. The molecule has 2 rings (SSSR count). The van der Waals surface area contributed by atoms with Crippen LogP contribution in [-0.2, 0) is 14.8 Å². The molecule has 136 valence electrons. The van der Waals surface area contributed by atoms with Gasteiger partial charge in [-0.25, -0.2) is 13.1 Å². The number of allylic oxidation sites excluding steroid dienone is 1. The van der Waals surface area contributed by atoms with E-state index in [1.807, 2.05) is 12.1 Å². The fraction of sp³-hybridized carbons (Fsp3) is 0.438. The largest absolute Gasteiger partial charge is 0.394 e. The fourth-order valence-electron chi connectivity index (χ4n) is 2.27. The first-order valence-electron chi connectivity index (χ1n) is 7.79. The third-order valence-corrected chi connectivity index (χ3v) is 5.02. The Bertz CT molecular complexity index is 734. The van der Waals surface area contributed by atoms with Gasteiger partial charge in [-0.3, -0.25) is 0 Å². The van der Waals surface area contributed by atoms with E-state index in [-0.39, 0.29) is 6.54 Å². The van der Waals surface area contributed by atoms with Gasteiger partial charge in [0.25, 0.3) is 10.0 Å². The fourth-order valence-corrected chi connectivity index (χ4v) is 3.25. The molecule has 0 aromatic heterocycles. The van der Waals surface area contributed by atoms with Gasteiger partial charge in [-0.2, -0.15) is 5.26 Å². The van der Waals surface area contributed by atoms with Crippen LogP contribution in [0.15, 0.2) is 29.2 Å². The Labute approximate surface area is 147 Å². The van der Waals surface area contributed by atoms with Crippen molar-refractivity contribution in [2.45, 2.75) is 6.10 Å². The summed E-state index contributed by atoms with van der Waals surface area (Å²) in [5, 5.41) is 27.1. The first-order valence-corrected chi connectivity index (χ1v) is 9.27. The van der Waals surface area contributed by atoms with Gasteiger partial charge >= 0.3 is 0 Å². The number of rotatable bonds is 7. The number of nitriles is 1. The predicted octanol–water partition coefficient (Wildman–Crippen LogP) is -0.340. The van der Waals surface area contributed by atoms with E-state index >= 15 is 0 Å². The van der Waals surface area contributed by atoms with Crippen molar-refractivity contribution in [3.8, 4) is 6.07 Å². The number of anilines is 1. The highest BCUT2D eigenvalue weighted by molar-refractivity contribution is 7.93. The normalized spacial score (nSPS) is 17.2. The number of morpholine rings is 1. The van der Waals surface area contributed by atoms with Crippen LogP contribution in [0.3, 0.4) is 0 Å². The van der Waals surface area contributed by atoms with Crippen LogP contribution < -0.4 is 9.62 Å². The number of aliphatic hydroxyl groups is 2. The van der Waals surface area contributed by atoms with Crippen LogP contribution >= 0.6 is 0 Å². The van der Waals surface area contributed by atoms with Gasteiger partial charge in [0.1, 0.15) is 6.07 Å². The molecule has 0 aliphatic carbocycles.